The van der Waals surface area contributed by atoms with Gasteiger partial charge in [0.05, 0.1) is 12.7 Å². The number of rotatable bonds is 6. The fraction of sp³-hybridized carbons (Fsp3) is 0.111. The maximum Gasteiger partial charge on any atom is 0.191 e. The highest BCUT2D eigenvalue weighted by atomic mass is 19.1. The second kappa shape index (κ2) is 7.88. The third-order valence-electron chi connectivity index (χ3n) is 3.12. The van der Waals surface area contributed by atoms with Crippen molar-refractivity contribution in [2.75, 3.05) is 13.7 Å². The predicted octanol–water partition coefficient (Wildman–Crippen LogP) is 3.77. The third-order valence-corrected chi connectivity index (χ3v) is 3.12. The van der Waals surface area contributed by atoms with E-state index in [2.05, 4.69) is 0 Å². The van der Waals surface area contributed by atoms with E-state index in [4.69, 9.17) is 14.7 Å². The number of hydrogen-bond donors (Lipinski definition) is 0. The Balaban J connectivity index is 2.23. The average molecular weight is 329 g/mol. The molecule has 24 heavy (non-hydrogen) atoms. The lowest BCUT2D eigenvalue weighted by atomic mass is 10.1. The van der Waals surface area contributed by atoms with Gasteiger partial charge in [0.1, 0.15) is 17.7 Å². The summed E-state index contributed by atoms with van der Waals surface area (Å²) in [6.45, 7) is -0.128. The Kier molecular flexibility index (Phi) is 5.63. The van der Waals surface area contributed by atoms with Crippen molar-refractivity contribution < 1.29 is 23.0 Å². The number of nitrogens with zero attached hydrogens (tertiary/aromatic N) is 1. The Bertz CT molecular complexity index is 805. The number of allylic oxidation sites excluding steroid dienone is 1. The summed E-state index contributed by atoms with van der Waals surface area (Å²) >= 11 is 0. The normalized spacial score (nSPS) is 10.4. The van der Waals surface area contributed by atoms with E-state index >= 15 is 0 Å². The summed E-state index contributed by atoms with van der Waals surface area (Å²) in [6, 6.07) is 9.85. The highest BCUT2D eigenvalue weighted by molar-refractivity contribution is 6.07. The molecule has 0 saturated carbocycles. The molecule has 0 amide bonds. The van der Waals surface area contributed by atoms with Crippen LogP contribution in [0, 0.1) is 23.0 Å². The van der Waals surface area contributed by atoms with Crippen molar-refractivity contribution >= 4 is 11.9 Å². The summed E-state index contributed by atoms with van der Waals surface area (Å²) in [4.78, 5) is 12.0. The minimum atomic E-state index is -0.914. The molecule has 0 saturated heterocycles. The zero-order chi connectivity index (χ0) is 17.5. The Labute approximate surface area is 137 Å². The second-order valence-corrected chi connectivity index (χ2v) is 4.65. The van der Waals surface area contributed by atoms with Crippen molar-refractivity contribution in [2.24, 2.45) is 0 Å². The summed E-state index contributed by atoms with van der Waals surface area (Å²) in [7, 11) is 1.43. The molecule has 0 unspecified atom stereocenters. The second-order valence-electron chi connectivity index (χ2n) is 4.65. The maximum atomic E-state index is 13.6. The number of carbonyl (C=O) groups is 1. The molecule has 0 aromatic heterocycles. The number of methoxy groups -OCH3 is 1. The van der Waals surface area contributed by atoms with Gasteiger partial charge < -0.3 is 9.47 Å². The Hall–Kier alpha value is -3.20. The Morgan fingerprint density at radius 3 is 2.54 bits per heavy atom. The van der Waals surface area contributed by atoms with E-state index in [1.54, 1.807) is 18.2 Å². The van der Waals surface area contributed by atoms with Gasteiger partial charge in [-0.15, -0.1) is 0 Å². The topological polar surface area (TPSA) is 59.3 Å². The smallest absolute Gasteiger partial charge is 0.191 e. The minimum Gasteiger partial charge on any atom is -0.493 e. The van der Waals surface area contributed by atoms with Crippen molar-refractivity contribution in [3.8, 4) is 17.6 Å². The summed E-state index contributed by atoms with van der Waals surface area (Å²) in [5.74, 6) is -1.86. The first-order valence-electron chi connectivity index (χ1n) is 6.91. The van der Waals surface area contributed by atoms with Gasteiger partial charge >= 0.3 is 0 Å². The number of benzene rings is 2. The van der Waals surface area contributed by atoms with Gasteiger partial charge in [0.25, 0.3) is 0 Å². The molecular formula is C18H13F2NO3. The van der Waals surface area contributed by atoms with Gasteiger partial charge in [0, 0.05) is 0 Å². The molecule has 0 fully saturated rings. The molecule has 0 radical (unpaired) electrons. The average Bonchev–Trinajstić information content (AvgIpc) is 2.58. The molecule has 0 aliphatic carbocycles. The standard InChI is InChI=1S/C18H13F2NO3/c1-23-17-11-12(6-8-16(17)24-10-9-21)5-7-15(22)18-13(19)3-2-4-14(18)20/h2-8,11H,10H2,1H3/b7-5+. The molecule has 0 heterocycles. The fourth-order valence-electron chi connectivity index (χ4n) is 2.01. The van der Waals surface area contributed by atoms with E-state index in [-0.39, 0.29) is 6.61 Å². The number of ether oxygens (including phenoxy) is 2. The van der Waals surface area contributed by atoms with Crippen LogP contribution in [0.15, 0.2) is 42.5 Å². The van der Waals surface area contributed by atoms with E-state index in [0.29, 0.717) is 17.1 Å². The summed E-state index contributed by atoms with van der Waals surface area (Å²) in [6.07, 6.45) is 2.48. The van der Waals surface area contributed by atoms with Crippen molar-refractivity contribution in [2.45, 2.75) is 0 Å². The zero-order valence-electron chi connectivity index (χ0n) is 12.8. The number of hydrogen-bond acceptors (Lipinski definition) is 4. The van der Waals surface area contributed by atoms with Gasteiger partial charge in [-0.05, 0) is 35.9 Å². The Morgan fingerprint density at radius 1 is 1.21 bits per heavy atom. The van der Waals surface area contributed by atoms with E-state index in [9.17, 15) is 13.6 Å². The molecule has 2 aromatic carbocycles. The molecule has 0 N–H and O–H groups in total. The zero-order valence-corrected chi connectivity index (χ0v) is 12.8. The molecule has 4 nitrogen and oxygen atoms in total. The lowest BCUT2D eigenvalue weighted by molar-refractivity contribution is 0.104. The molecule has 2 aromatic rings. The minimum absolute atomic E-state index is 0.128. The summed E-state index contributed by atoms with van der Waals surface area (Å²) in [5, 5.41) is 8.52. The number of carbonyl (C=O) groups excluding carboxylic acids is 1. The monoisotopic (exact) mass is 329 g/mol. The van der Waals surface area contributed by atoms with Crippen molar-refractivity contribution in [1.82, 2.24) is 0 Å². The van der Waals surface area contributed by atoms with Gasteiger partial charge in [-0.3, -0.25) is 4.79 Å². The number of halogens is 2. The SMILES string of the molecule is COc1cc(/C=C/C(=O)c2c(F)cccc2F)ccc1OCC#N. The van der Waals surface area contributed by atoms with Crippen molar-refractivity contribution in [3.05, 3.63) is 65.2 Å². The first kappa shape index (κ1) is 17.2. The fourth-order valence-corrected chi connectivity index (χ4v) is 2.01. The van der Waals surface area contributed by atoms with Crippen molar-refractivity contribution in [1.29, 1.82) is 5.26 Å². The molecule has 6 heteroatoms. The molecule has 2 rings (SSSR count). The van der Waals surface area contributed by atoms with Gasteiger partial charge in [-0.2, -0.15) is 5.26 Å². The van der Waals surface area contributed by atoms with Gasteiger partial charge in [-0.1, -0.05) is 18.2 Å². The number of ketones is 1. The van der Waals surface area contributed by atoms with Crippen LogP contribution in [0.4, 0.5) is 8.78 Å². The highest BCUT2D eigenvalue weighted by Gasteiger charge is 2.14. The third kappa shape index (κ3) is 3.96. The van der Waals surface area contributed by atoms with Gasteiger partial charge in [-0.25, -0.2) is 8.78 Å². The van der Waals surface area contributed by atoms with Crippen LogP contribution >= 0.6 is 0 Å². The summed E-state index contributed by atoms with van der Waals surface area (Å²) < 4.78 is 37.4. The Morgan fingerprint density at radius 2 is 1.92 bits per heavy atom. The van der Waals surface area contributed by atoms with Crippen LogP contribution < -0.4 is 9.47 Å². The maximum absolute atomic E-state index is 13.6. The number of nitriles is 1. The highest BCUT2D eigenvalue weighted by Crippen LogP contribution is 2.28. The van der Waals surface area contributed by atoms with Crippen molar-refractivity contribution in [3.63, 3.8) is 0 Å². The molecule has 0 aliphatic rings. The van der Waals surface area contributed by atoms with Crippen LogP contribution in [0.5, 0.6) is 11.5 Å². The summed E-state index contributed by atoms with van der Waals surface area (Å²) in [5.41, 5.74) is -0.0315. The molecule has 0 bridgehead atoms. The van der Waals surface area contributed by atoms with Crippen LogP contribution in [0.3, 0.4) is 0 Å². The molecular weight excluding hydrogens is 316 g/mol. The molecule has 0 atom stereocenters. The van der Waals surface area contributed by atoms with Crippen LogP contribution in [0.1, 0.15) is 15.9 Å². The van der Waals surface area contributed by atoms with E-state index < -0.39 is 23.0 Å². The first-order valence-corrected chi connectivity index (χ1v) is 6.91. The first-order chi connectivity index (χ1) is 11.6. The largest absolute Gasteiger partial charge is 0.493 e. The molecule has 0 aliphatic heterocycles. The lowest BCUT2D eigenvalue weighted by Gasteiger charge is -2.08. The quantitative estimate of drug-likeness (QED) is 0.598. The van der Waals surface area contributed by atoms with Gasteiger partial charge in [0.15, 0.2) is 23.9 Å². The van der Waals surface area contributed by atoms with Crippen LogP contribution in [0.2, 0.25) is 0 Å². The molecule has 0 spiro atoms. The van der Waals surface area contributed by atoms with Crippen LogP contribution in [0.25, 0.3) is 6.08 Å². The van der Waals surface area contributed by atoms with Gasteiger partial charge in [0.2, 0.25) is 0 Å². The van der Waals surface area contributed by atoms with E-state index in [0.717, 1.165) is 18.2 Å². The molecule has 122 valence electrons. The van der Waals surface area contributed by atoms with Crippen LogP contribution in [-0.4, -0.2) is 19.5 Å². The van der Waals surface area contributed by atoms with E-state index in [1.165, 1.54) is 19.3 Å². The lowest BCUT2D eigenvalue weighted by Crippen LogP contribution is -2.02. The van der Waals surface area contributed by atoms with Crippen LogP contribution in [-0.2, 0) is 0 Å². The predicted molar refractivity (Wildman–Crippen MR) is 83.8 cm³/mol. The van der Waals surface area contributed by atoms with E-state index in [1.807, 2.05) is 6.07 Å².